The van der Waals surface area contributed by atoms with Crippen LogP contribution in [0.2, 0.25) is 0 Å². The fraction of sp³-hybridized carbons (Fsp3) is 0.625. The summed E-state index contributed by atoms with van der Waals surface area (Å²) in [6.45, 7) is 4.09. The second-order valence-electron chi connectivity index (χ2n) is 6.78. The molecule has 1 saturated heterocycles. The van der Waals surface area contributed by atoms with Gasteiger partial charge in [0.1, 0.15) is 5.82 Å². The van der Waals surface area contributed by atoms with Crippen LogP contribution >= 0.6 is 11.3 Å². The maximum Gasteiger partial charge on any atom is 0.214 e. The molecule has 3 aromatic heterocycles. The van der Waals surface area contributed by atoms with Crippen molar-refractivity contribution < 1.29 is 0 Å². The van der Waals surface area contributed by atoms with E-state index in [-0.39, 0.29) is 0 Å². The van der Waals surface area contributed by atoms with Gasteiger partial charge in [0.05, 0.1) is 17.9 Å². The molecule has 3 aromatic rings. The number of aryl methyl sites for hydroxylation is 2. The van der Waals surface area contributed by atoms with E-state index in [1.54, 1.807) is 11.3 Å². The molecule has 1 fully saturated rings. The van der Waals surface area contributed by atoms with Crippen LogP contribution < -0.4 is 4.90 Å². The second-order valence-corrected chi connectivity index (χ2v) is 7.72. The van der Waals surface area contributed by atoms with Crippen LogP contribution in [0.3, 0.4) is 0 Å². The first kappa shape index (κ1) is 14.4. The molecule has 8 heteroatoms. The van der Waals surface area contributed by atoms with E-state index in [2.05, 4.69) is 24.6 Å². The Labute approximate surface area is 144 Å². The molecule has 2 aliphatic rings. The van der Waals surface area contributed by atoms with Crippen molar-refractivity contribution in [2.24, 2.45) is 0 Å². The number of fused-ring (bicyclic) bond motifs is 2. The third-order valence-electron chi connectivity index (χ3n) is 5.09. The summed E-state index contributed by atoms with van der Waals surface area (Å²) in [6, 6.07) is 0.293. The molecule has 0 aliphatic carbocycles. The van der Waals surface area contributed by atoms with E-state index in [0.29, 0.717) is 6.04 Å². The SMILES string of the molecule is Cc1cn2nc(N3CCC[C@H]3c3nnc4n3CCCCC4)sc2n1. The molecule has 0 N–H and O–H groups in total. The van der Waals surface area contributed by atoms with Gasteiger partial charge < -0.3 is 9.47 Å². The predicted octanol–water partition coefficient (Wildman–Crippen LogP) is 2.76. The smallest absolute Gasteiger partial charge is 0.214 e. The summed E-state index contributed by atoms with van der Waals surface area (Å²) >= 11 is 1.67. The Kier molecular flexibility index (Phi) is 3.32. The molecule has 0 saturated carbocycles. The van der Waals surface area contributed by atoms with Crippen molar-refractivity contribution >= 4 is 21.4 Å². The Balaban J connectivity index is 1.51. The Morgan fingerprint density at radius 1 is 1.12 bits per heavy atom. The molecule has 2 aliphatic heterocycles. The van der Waals surface area contributed by atoms with Crippen LogP contribution in [0.5, 0.6) is 0 Å². The van der Waals surface area contributed by atoms with Crippen LogP contribution in [0.1, 0.15) is 55.5 Å². The number of hydrogen-bond donors (Lipinski definition) is 0. The molecule has 0 aromatic carbocycles. The Hall–Kier alpha value is -1.96. The fourth-order valence-electron chi connectivity index (χ4n) is 3.93. The molecule has 0 unspecified atom stereocenters. The van der Waals surface area contributed by atoms with E-state index in [0.717, 1.165) is 47.5 Å². The molecule has 0 bridgehead atoms. The minimum atomic E-state index is 0.293. The van der Waals surface area contributed by atoms with Gasteiger partial charge in [-0.05, 0) is 32.6 Å². The minimum Gasteiger partial charge on any atom is -0.336 e. The average Bonchev–Trinajstić information content (AvgIpc) is 3.27. The largest absolute Gasteiger partial charge is 0.336 e. The zero-order valence-electron chi connectivity index (χ0n) is 13.9. The summed E-state index contributed by atoms with van der Waals surface area (Å²) in [4.78, 5) is 7.90. The Morgan fingerprint density at radius 2 is 2.08 bits per heavy atom. The van der Waals surface area contributed by atoms with Crippen molar-refractivity contribution in [2.45, 2.75) is 58.0 Å². The first-order chi connectivity index (χ1) is 11.8. The van der Waals surface area contributed by atoms with Gasteiger partial charge in [0.25, 0.3) is 0 Å². The van der Waals surface area contributed by atoms with Gasteiger partial charge >= 0.3 is 0 Å². The third-order valence-corrected chi connectivity index (χ3v) is 6.05. The highest BCUT2D eigenvalue weighted by atomic mass is 32.1. The highest BCUT2D eigenvalue weighted by Gasteiger charge is 2.33. The lowest BCUT2D eigenvalue weighted by molar-refractivity contribution is 0.558. The second kappa shape index (κ2) is 5.54. The third kappa shape index (κ3) is 2.23. The highest BCUT2D eigenvalue weighted by Crippen LogP contribution is 2.38. The Bertz CT molecular complexity index is 845. The fourth-order valence-corrected chi connectivity index (χ4v) is 4.94. The summed E-state index contributed by atoms with van der Waals surface area (Å²) in [7, 11) is 0. The molecule has 126 valence electrons. The van der Waals surface area contributed by atoms with Gasteiger partial charge in [-0.1, -0.05) is 17.8 Å². The van der Waals surface area contributed by atoms with E-state index in [4.69, 9.17) is 5.10 Å². The predicted molar refractivity (Wildman–Crippen MR) is 92.5 cm³/mol. The van der Waals surface area contributed by atoms with Gasteiger partial charge in [-0.3, -0.25) is 0 Å². The van der Waals surface area contributed by atoms with Crippen molar-refractivity contribution in [1.29, 1.82) is 0 Å². The molecular weight excluding hydrogens is 322 g/mol. The van der Waals surface area contributed by atoms with Gasteiger partial charge in [0.2, 0.25) is 10.1 Å². The molecule has 5 heterocycles. The summed E-state index contributed by atoms with van der Waals surface area (Å²) < 4.78 is 4.27. The molecule has 1 atom stereocenters. The van der Waals surface area contributed by atoms with Crippen molar-refractivity contribution in [3.05, 3.63) is 23.5 Å². The maximum absolute atomic E-state index is 4.75. The molecule has 7 nitrogen and oxygen atoms in total. The van der Waals surface area contributed by atoms with Gasteiger partial charge in [-0.25, -0.2) is 9.50 Å². The molecule has 5 rings (SSSR count). The van der Waals surface area contributed by atoms with Gasteiger partial charge in [0.15, 0.2) is 5.82 Å². The molecular formula is C16H21N7S. The van der Waals surface area contributed by atoms with E-state index in [9.17, 15) is 0 Å². The van der Waals surface area contributed by atoms with E-state index < -0.39 is 0 Å². The maximum atomic E-state index is 4.75. The molecule has 24 heavy (non-hydrogen) atoms. The van der Waals surface area contributed by atoms with Crippen molar-refractivity contribution in [1.82, 2.24) is 29.4 Å². The summed E-state index contributed by atoms with van der Waals surface area (Å²) in [5, 5.41) is 14.9. The van der Waals surface area contributed by atoms with Gasteiger partial charge in [-0.2, -0.15) is 0 Å². The van der Waals surface area contributed by atoms with Crippen molar-refractivity contribution in [2.75, 3.05) is 11.4 Å². The summed E-state index contributed by atoms with van der Waals surface area (Å²) in [6.07, 6.45) is 9.10. The van der Waals surface area contributed by atoms with Crippen molar-refractivity contribution in [3.8, 4) is 0 Å². The van der Waals surface area contributed by atoms with Gasteiger partial charge in [0, 0.05) is 19.5 Å². The molecule has 0 spiro atoms. The van der Waals surface area contributed by atoms with Gasteiger partial charge in [-0.15, -0.1) is 15.3 Å². The number of aromatic nitrogens is 6. The first-order valence-electron chi connectivity index (χ1n) is 8.81. The number of imidazole rings is 1. The van der Waals surface area contributed by atoms with Crippen molar-refractivity contribution in [3.63, 3.8) is 0 Å². The van der Waals surface area contributed by atoms with Crippen LogP contribution in [0.15, 0.2) is 6.20 Å². The molecule has 0 radical (unpaired) electrons. The number of anilines is 1. The van der Waals surface area contributed by atoms with Crippen LogP contribution in [-0.4, -0.2) is 35.9 Å². The lowest BCUT2D eigenvalue weighted by Crippen LogP contribution is -2.25. The number of hydrogen-bond acceptors (Lipinski definition) is 6. The normalized spacial score (nSPS) is 21.4. The highest BCUT2D eigenvalue weighted by molar-refractivity contribution is 7.20. The average molecular weight is 343 g/mol. The number of rotatable bonds is 2. The molecule has 0 amide bonds. The lowest BCUT2D eigenvalue weighted by atomic mass is 10.2. The standard InChI is InChI=1S/C16H21N7S/c1-11-10-23-15(17-11)24-16(20-23)21-9-5-6-12(21)14-19-18-13-7-3-2-4-8-22(13)14/h10,12H,2-9H2,1H3/t12-/m0/s1. The lowest BCUT2D eigenvalue weighted by Gasteiger charge is -2.23. The zero-order chi connectivity index (χ0) is 16.1. The summed E-state index contributed by atoms with van der Waals surface area (Å²) in [5.41, 5.74) is 1.01. The van der Waals surface area contributed by atoms with E-state index in [1.165, 1.54) is 31.5 Å². The summed E-state index contributed by atoms with van der Waals surface area (Å²) in [5.74, 6) is 2.30. The topological polar surface area (TPSA) is 64.1 Å². The zero-order valence-corrected chi connectivity index (χ0v) is 14.7. The quantitative estimate of drug-likeness (QED) is 0.716. The van der Waals surface area contributed by atoms with Crippen LogP contribution in [0.4, 0.5) is 5.13 Å². The first-order valence-corrected chi connectivity index (χ1v) is 9.63. The Morgan fingerprint density at radius 3 is 3.00 bits per heavy atom. The van der Waals surface area contributed by atoms with Crippen LogP contribution in [0.25, 0.3) is 4.96 Å². The van der Waals surface area contributed by atoms with E-state index in [1.807, 2.05) is 17.6 Å². The van der Waals surface area contributed by atoms with Crippen LogP contribution in [-0.2, 0) is 13.0 Å². The monoisotopic (exact) mass is 343 g/mol. The minimum absolute atomic E-state index is 0.293. The van der Waals surface area contributed by atoms with Crippen LogP contribution in [0, 0.1) is 6.92 Å². The number of nitrogens with zero attached hydrogens (tertiary/aromatic N) is 7. The van der Waals surface area contributed by atoms with E-state index >= 15 is 0 Å².